The van der Waals surface area contributed by atoms with Crippen LogP contribution >= 0.6 is 0 Å². The maximum absolute atomic E-state index is 14.9. The Hall–Kier alpha value is -4.26. The Balaban J connectivity index is 1.58. The molecule has 0 bridgehead atoms. The summed E-state index contributed by atoms with van der Waals surface area (Å²) in [6, 6.07) is 17.3. The van der Waals surface area contributed by atoms with Gasteiger partial charge < -0.3 is 15.0 Å². The maximum atomic E-state index is 14.9. The second-order valence-corrected chi connectivity index (χ2v) is 8.13. The van der Waals surface area contributed by atoms with Crippen molar-refractivity contribution < 1.29 is 23.5 Å². The average molecular weight is 458 g/mol. The first-order chi connectivity index (χ1) is 16.5. The van der Waals surface area contributed by atoms with Crippen molar-refractivity contribution in [2.45, 2.75) is 12.5 Å². The smallest absolute Gasteiger partial charge is 0.295 e. The molecule has 170 valence electrons. The fourth-order valence-electron chi connectivity index (χ4n) is 4.47. The van der Waals surface area contributed by atoms with E-state index in [4.69, 9.17) is 0 Å². The number of carbonyl (C=O) groups is 2. The number of hydrogen-bond donors (Lipinski definition) is 2. The highest BCUT2D eigenvalue weighted by Crippen LogP contribution is 2.40. The molecule has 34 heavy (non-hydrogen) atoms. The van der Waals surface area contributed by atoms with Gasteiger partial charge in [0.2, 0.25) is 0 Å². The molecule has 1 aromatic heterocycles. The molecule has 2 heterocycles. The number of benzene rings is 3. The number of amides is 1. The molecule has 1 atom stereocenters. The molecule has 0 saturated carbocycles. The zero-order valence-electron chi connectivity index (χ0n) is 18.0. The number of ketones is 1. The van der Waals surface area contributed by atoms with Crippen LogP contribution in [0, 0.1) is 11.6 Å². The Morgan fingerprint density at radius 3 is 2.41 bits per heavy atom. The van der Waals surface area contributed by atoms with Gasteiger partial charge in [-0.1, -0.05) is 36.4 Å². The predicted molar refractivity (Wildman–Crippen MR) is 124 cm³/mol. The summed E-state index contributed by atoms with van der Waals surface area (Å²) in [6.45, 7) is 0.131. The number of halogens is 2. The van der Waals surface area contributed by atoms with Crippen molar-refractivity contribution >= 4 is 28.4 Å². The highest BCUT2D eigenvalue weighted by molar-refractivity contribution is 6.46. The van der Waals surface area contributed by atoms with Gasteiger partial charge in [0, 0.05) is 34.8 Å². The number of fused-ring (bicyclic) bond motifs is 1. The molecule has 0 aliphatic carbocycles. The number of rotatable bonds is 5. The molecule has 1 amide bonds. The number of likely N-dealkylation sites (tertiary alicyclic amines) is 1. The Morgan fingerprint density at radius 1 is 0.941 bits per heavy atom. The van der Waals surface area contributed by atoms with E-state index in [0.29, 0.717) is 6.42 Å². The third-order valence-electron chi connectivity index (χ3n) is 6.15. The number of aromatic nitrogens is 1. The lowest BCUT2D eigenvalue weighted by Gasteiger charge is -2.25. The fourth-order valence-corrected chi connectivity index (χ4v) is 4.47. The van der Waals surface area contributed by atoms with Gasteiger partial charge in [-0.3, -0.25) is 9.59 Å². The first kappa shape index (κ1) is 21.6. The van der Waals surface area contributed by atoms with Crippen LogP contribution in [0.25, 0.3) is 16.7 Å². The van der Waals surface area contributed by atoms with Crippen LogP contribution in [0.1, 0.15) is 22.7 Å². The lowest BCUT2D eigenvalue weighted by atomic mass is 9.94. The number of nitrogens with one attached hydrogen (secondary N) is 1. The average Bonchev–Trinajstić information content (AvgIpc) is 3.37. The van der Waals surface area contributed by atoms with Crippen molar-refractivity contribution in [2.75, 3.05) is 6.54 Å². The van der Waals surface area contributed by atoms with Crippen molar-refractivity contribution in [3.05, 3.63) is 113 Å². The van der Waals surface area contributed by atoms with Crippen LogP contribution in [0.3, 0.4) is 0 Å². The van der Waals surface area contributed by atoms with Crippen LogP contribution < -0.4 is 0 Å². The van der Waals surface area contributed by atoms with Gasteiger partial charge in [0.25, 0.3) is 11.7 Å². The summed E-state index contributed by atoms with van der Waals surface area (Å²) in [5.41, 5.74) is 1.94. The summed E-state index contributed by atoms with van der Waals surface area (Å²) in [4.78, 5) is 30.6. The van der Waals surface area contributed by atoms with Gasteiger partial charge in [0.15, 0.2) is 0 Å². The first-order valence-electron chi connectivity index (χ1n) is 10.8. The normalized spacial score (nSPS) is 17.6. The topological polar surface area (TPSA) is 73.4 Å². The standard InChI is InChI=1S/C27H20F2N2O3/c28-18-11-9-16(10-12-18)25(32)23-24(20-6-1-3-7-21(20)29)31(27(34)26(23)33)14-13-17-15-30-22-8-4-2-5-19(17)22/h1-12,15,24,30,32H,13-14H2/b25-23+. The molecule has 1 fully saturated rings. The zero-order valence-corrected chi connectivity index (χ0v) is 18.0. The molecule has 1 unspecified atom stereocenters. The molecule has 1 saturated heterocycles. The number of H-pyrrole nitrogens is 1. The summed E-state index contributed by atoms with van der Waals surface area (Å²) in [5.74, 6) is -3.31. The molecule has 0 radical (unpaired) electrons. The maximum Gasteiger partial charge on any atom is 0.295 e. The van der Waals surface area contributed by atoms with E-state index in [2.05, 4.69) is 4.98 Å². The number of hydrogen-bond acceptors (Lipinski definition) is 3. The van der Waals surface area contributed by atoms with E-state index in [1.165, 1.54) is 35.2 Å². The van der Waals surface area contributed by atoms with Crippen molar-refractivity contribution in [2.24, 2.45) is 0 Å². The van der Waals surface area contributed by atoms with Crippen LogP contribution in [-0.2, 0) is 16.0 Å². The second-order valence-electron chi connectivity index (χ2n) is 8.13. The van der Waals surface area contributed by atoms with Crippen molar-refractivity contribution in [3.8, 4) is 0 Å². The van der Waals surface area contributed by atoms with Crippen molar-refractivity contribution in [1.29, 1.82) is 0 Å². The monoisotopic (exact) mass is 458 g/mol. The quantitative estimate of drug-likeness (QED) is 0.248. The Morgan fingerprint density at radius 2 is 1.65 bits per heavy atom. The number of aliphatic hydroxyl groups excluding tert-OH is 1. The summed E-state index contributed by atoms with van der Waals surface area (Å²) < 4.78 is 28.3. The molecule has 7 heteroatoms. The van der Waals surface area contributed by atoms with Gasteiger partial charge >= 0.3 is 0 Å². The Kier molecular flexibility index (Phi) is 5.45. The van der Waals surface area contributed by atoms with Crippen molar-refractivity contribution in [3.63, 3.8) is 0 Å². The number of carbonyl (C=O) groups excluding carboxylic acids is 2. The predicted octanol–water partition coefficient (Wildman–Crippen LogP) is 5.11. The largest absolute Gasteiger partial charge is 0.507 e. The van der Waals surface area contributed by atoms with Gasteiger partial charge in [0.1, 0.15) is 17.4 Å². The molecule has 4 aromatic rings. The summed E-state index contributed by atoms with van der Waals surface area (Å²) in [6.07, 6.45) is 2.26. The molecular formula is C27H20F2N2O3. The van der Waals surface area contributed by atoms with Crippen molar-refractivity contribution in [1.82, 2.24) is 9.88 Å². The highest BCUT2D eigenvalue weighted by atomic mass is 19.1. The van der Waals surface area contributed by atoms with E-state index < -0.39 is 35.1 Å². The molecule has 2 N–H and O–H groups in total. The zero-order chi connectivity index (χ0) is 23.8. The highest BCUT2D eigenvalue weighted by Gasteiger charge is 2.46. The minimum atomic E-state index is -1.11. The molecule has 1 aliphatic heterocycles. The molecule has 5 nitrogen and oxygen atoms in total. The van der Waals surface area contributed by atoms with E-state index in [1.54, 1.807) is 6.07 Å². The van der Waals surface area contributed by atoms with E-state index >= 15 is 0 Å². The molecule has 5 rings (SSSR count). The fraction of sp³-hybridized carbons (Fsp3) is 0.111. The van der Waals surface area contributed by atoms with E-state index in [0.717, 1.165) is 28.6 Å². The van der Waals surface area contributed by atoms with E-state index in [9.17, 15) is 23.5 Å². The van der Waals surface area contributed by atoms with Gasteiger partial charge in [-0.25, -0.2) is 8.78 Å². The molecule has 0 spiro atoms. The number of Topliss-reactive ketones (excluding diaryl/α,β-unsaturated/α-hetero) is 1. The molecular weight excluding hydrogens is 438 g/mol. The minimum Gasteiger partial charge on any atom is -0.507 e. The third kappa shape index (κ3) is 3.65. The summed E-state index contributed by atoms with van der Waals surface area (Å²) in [5, 5.41) is 12.0. The van der Waals surface area contributed by atoms with Crippen LogP contribution in [0.4, 0.5) is 8.78 Å². The summed E-state index contributed by atoms with van der Waals surface area (Å²) >= 11 is 0. The summed E-state index contributed by atoms with van der Waals surface area (Å²) in [7, 11) is 0. The SMILES string of the molecule is O=C1C(=O)N(CCc2c[nH]c3ccccc23)C(c2ccccc2F)/C1=C(\O)c1ccc(F)cc1. The third-order valence-corrected chi connectivity index (χ3v) is 6.15. The molecule has 3 aromatic carbocycles. The Labute approximate surface area is 194 Å². The van der Waals surface area contributed by atoms with Crippen LogP contribution in [0.15, 0.2) is 84.6 Å². The van der Waals surface area contributed by atoms with Gasteiger partial charge in [-0.2, -0.15) is 0 Å². The van der Waals surface area contributed by atoms with E-state index in [1.807, 2.05) is 30.5 Å². The lowest BCUT2D eigenvalue weighted by molar-refractivity contribution is -0.139. The number of aliphatic hydroxyl groups is 1. The van der Waals surface area contributed by atoms with Crippen LogP contribution in [-0.4, -0.2) is 33.2 Å². The van der Waals surface area contributed by atoms with E-state index in [-0.39, 0.29) is 23.2 Å². The van der Waals surface area contributed by atoms with Gasteiger partial charge in [-0.05, 0) is 48.4 Å². The second kappa shape index (κ2) is 8.59. The first-order valence-corrected chi connectivity index (χ1v) is 10.8. The van der Waals surface area contributed by atoms with Crippen LogP contribution in [0.2, 0.25) is 0 Å². The molecule has 1 aliphatic rings. The Bertz CT molecular complexity index is 1440. The van der Waals surface area contributed by atoms with Gasteiger partial charge in [0.05, 0.1) is 11.6 Å². The number of aromatic amines is 1. The lowest BCUT2D eigenvalue weighted by Crippen LogP contribution is -2.32. The minimum absolute atomic E-state index is 0.101. The number of nitrogens with zero attached hydrogens (tertiary/aromatic N) is 1. The number of para-hydroxylation sites is 1. The van der Waals surface area contributed by atoms with Gasteiger partial charge in [-0.15, -0.1) is 0 Å². The van der Waals surface area contributed by atoms with Crippen LogP contribution in [0.5, 0.6) is 0 Å².